The van der Waals surface area contributed by atoms with Crippen molar-refractivity contribution in [3.8, 4) is 6.07 Å². The first kappa shape index (κ1) is 14.8. The fraction of sp³-hybridized carbons (Fsp3) is 0.692. The van der Waals surface area contributed by atoms with Crippen LogP contribution in [0, 0.1) is 17.2 Å². The normalized spacial score (nSPS) is 24.2. The first-order valence-electron chi connectivity index (χ1n) is 6.39. The van der Waals surface area contributed by atoms with E-state index in [9.17, 15) is 4.79 Å². The molecule has 0 spiro atoms. The number of hydrogen-bond acceptors (Lipinski definition) is 3. The Kier molecular flexibility index (Phi) is 6.59. The Bertz CT molecular complexity index is 349. The smallest absolute Gasteiger partial charge is 0.263 e. The SMILES string of the molecule is CC1CCCCC1N/C=C(/C#N)C(=O)NCCCl. The van der Waals surface area contributed by atoms with Crippen LogP contribution >= 0.6 is 11.6 Å². The van der Waals surface area contributed by atoms with Gasteiger partial charge in [0.1, 0.15) is 11.6 Å². The lowest BCUT2D eigenvalue weighted by molar-refractivity contribution is -0.117. The quantitative estimate of drug-likeness (QED) is 0.455. The second-order valence-corrected chi connectivity index (χ2v) is 5.03. The first-order valence-corrected chi connectivity index (χ1v) is 6.93. The molecule has 100 valence electrons. The molecule has 18 heavy (non-hydrogen) atoms. The summed E-state index contributed by atoms with van der Waals surface area (Å²) in [5, 5.41) is 14.7. The van der Waals surface area contributed by atoms with Crippen molar-refractivity contribution in [1.29, 1.82) is 5.26 Å². The van der Waals surface area contributed by atoms with Crippen molar-refractivity contribution in [1.82, 2.24) is 10.6 Å². The van der Waals surface area contributed by atoms with Crippen LogP contribution in [0.4, 0.5) is 0 Å². The molecule has 1 amide bonds. The number of amides is 1. The Morgan fingerprint density at radius 2 is 2.22 bits per heavy atom. The monoisotopic (exact) mass is 269 g/mol. The maximum atomic E-state index is 11.6. The summed E-state index contributed by atoms with van der Waals surface area (Å²) < 4.78 is 0. The zero-order valence-corrected chi connectivity index (χ0v) is 11.5. The van der Waals surface area contributed by atoms with Gasteiger partial charge in [0.05, 0.1) is 0 Å². The van der Waals surface area contributed by atoms with Gasteiger partial charge in [0.2, 0.25) is 0 Å². The molecular formula is C13H20ClN3O. The lowest BCUT2D eigenvalue weighted by Crippen LogP contribution is -2.35. The van der Waals surface area contributed by atoms with Gasteiger partial charge in [-0.15, -0.1) is 11.6 Å². The lowest BCUT2D eigenvalue weighted by atomic mass is 9.86. The van der Waals surface area contributed by atoms with E-state index in [-0.39, 0.29) is 11.5 Å². The number of nitriles is 1. The predicted octanol–water partition coefficient (Wildman–Crippen LogP) is 1.92. The molecule has 5 heteroatoms. The molecular weight excluding hydrogens is 250 g/mol. The van der Waals surface area contributed by atoms with Crippen molar-refractivity contribution in [3.63, 3.8) is 0 Å². The van der Waals surface area contributed by atoms with E-state index in [1.807, 2.05) is 6.07 Å². The molecule has 1 aliphatic rings. The van der Waals surface area contributed by atoms with Gasteiger partial charge in [-0.3, -0.25) is 4.79 Å². The minimum Gasteiger partial charge on any atom is -0.387 e. The molecule has 1 rings (SSSR count). The van der Waals surface area contributed by atoms with Gasteiger partial charge in [0.25, 0.3) is 5.91 Å². The van der Waals surface area contributed by atoms with Gasteiger partial charge in [-0.2, -0.15) is 5.26 Å². The highest BCUT2D eigenvalue weighted by molar-refractivity contribution is 6.18. The number of halogens is 1. The number of hydrogen-bond donors (Lipinski definition) is 2. The fourth-order valence-electron chi connectivity index (χ4n) is 2.16. The third-order valence-electron chi connectivity index (χ3n) is 3.30. The summed E-state index contributed by atoms with van der Waals surface area (Å²) in [5.74, 6) is 0.562. The van der Waals surface area contributed by atoms with Crippen LogP contribution in [0.5, 0.6) is 0 Å². The van der Waals surface area contributed by atoms with Crippen LogP contribution in [0.3, 0.4) is 0 Å². The molecule has 2 atom stereocenters. The molecule has 2 unspecified atom stereocenters. The summed E-state index contributed by atoms with van der Waals surface area (Å²) in [5.41, 5.74) is 0.109. The van der Waals surface area contributed by atoms with Gasteiger partial charge < -0.3 is 10.6 Å². The maximum absolute atomic E-state index is 11.6. The average molecular weight is 270 g/mol. The van der Waals surface area contributed by atoms with Gasteiger partial charge >= 0.3 is 0 Å². The summed E-state index contributed by atoms with van der Waals surface area (Å²) in [7, 11) is 0. The molecule has 1 saturated carbocycles. The highest BCUT2D eigenvalue weighted by atomic mass is 35.5. The summed E-state index contributed by atoms with van der Waals surface area (Å²) >= 11 is 5.48. The topological polar surface area (TPSA) is 64.9 Å². The molecule has 0 aromatic heterocycles. The summed E-state index contributed by atoms with van der Waals surface area (Å²) in [6, 6.07) is 2.27. The lowest BCUT2D eigenvalue weighted by Gasteiger charge is -2.29. The summed E-state index contributed by atoms with van der Waals surface area (Å²) in [6.07, 6.45) is 6.31. The van der Waals surface area contributed by atoms with E-state index in [4.69, 9.17) is 16.9 Å². The Balaban J connectivity index is 2.51. The minimum absolute atomic E-state index is 0.109. The highest BCUT2D eigenvalue weighted by Crippen LogP contribution is 2.23. The molecule has 0 radical (unpaired) electrons. The fourth-order valence-corrected chi connectivity index (χ4v) is 2.25. The van der Waals surface area contributed by atoms with Crippen molar-refractivity contribution in [2.75, 3.05) is 12.4 Å². The van der Waals surface area contributed by atoms with Gasteiger partial charge in [0.15, 0.2) is 0 Å². The van der Waals surface area contributed by atoms with Gasteiger partial charge in [0, 0.05) is 24.7 Å². The van der Waals surface area contributed by atoms with Crippen LogP contribution in [0.1, 0.15) is 32.6 Å². The Labute approximate surface area is 113 Å². The Morgan fingerprint density at radius 1 is 1.50 bits per heavy atom. The van der Waals surface area contributed by atoms with Crippen LogP contribution in [0.2, 0.25) is 0 Å². The first-order chi connectivity index (χ1) is 8.69. The largest absolute Gasteiger partial charge is 0.387 e. The van der Waals surface area contributed by atoms with E-state index in [0.29, 0.717) is 24.4 Å². The molecule has 0 heterocycles. The second-order valence-electron chi connectivity index (χ2n) is 4.65. The standard InChI is InChI=1S/C13H20ClN3O/c1-10-4-2-3-5-12(10)17-9-11(8-15)13(18)16-7-6-14/h9-10,12,17H,2-7H2,1H3,(H,16,18)/b11-9-. The summed E-state index contributed by atoms with van der Waals surface area (Å²) in [4.78, 5) is 11.6. The van der Waals surface area contributed by atoms with E-state index in [1.165, 1.54) is 25.5 Å². The van der Waals surface area contributed by atoms with Crippen LogP contribution in [0.25, 0.3) is 0 Å². The van der Waals surface area contributed by atoms with Crippen molar-refractivity contribution in [2.45, 2.75) is 38.6 Å². The number of nitrogens with one attached hydrogen (secondary N) is 2. The van der Waals surface area contributed by atoms with Crippen LogP contribution < -0.4 is 10.6 Å². The number of alkyl halides is 1. The molecule has 0 saturated heterocycles. The van der Waals surface area contributed by atoms with Crippen molar-refractivity contribution >= 4 is 17.5 Å². The van der Waals surface area contributed by atoms with Crippen LogP contribution in [-0.2, 0) is 4.79 Å². The second kappa shape index (κ2) is 7.99. The van der Waals surface area contributed by atoms with E-state index in [0.717, 1.165) is 6.42 Å². The molecule has 0 bridgehead atoms. The molecule has 1 fully saturated rings. The maximum Gasteiger partial charge on any atom is 0.263 e. The Morgan fingerprint density at radius 3 is 2.83 bits per heavy atom. The zero-order chi connectivity index (χ0) is 13.4. The van der Waals surface area contributed by atoms with Gasteiger partial charge in [-0.25, -0.2) is 0 Å². The molecule has 0 aliphatic heterocycles. The molecule has 2 N–H and O–H groups in total. The predicted molar refractivity (Wildman–Crippen MR) is 72.0 cm³/mol. The number of carbonyl (C=O) groups is 1. The van der Waals surface area contributed by atoms with E-state index < -0.39 is 0 Å². The van der Waals surface area contributed by atoms with Gasteiger partial charge in [-0.1, -0.05) is 19.8 Å². The highest BCUT2D eigenvalue weighted by Gasteiger charge is 2.20. The van der Waals surface area contributed by atoms with E-state index >= 15 is 0 Å². The molecule has 1 aliphatic carbocycles. The number of carbonyl (C=O) groups excluding carboxylic acids is 1. The van der Waals surface area contributed by atoms with Gasteiger partial charge in [-0.05, 0) is 18.8 Å². The summed E-state index contributed by atoms with van der Waals surface area (Å²) in [6.45, 7) is 2.57. The Hall–Kier alpha value is -1.21. The van der Waals surface area contributed by atoms with Crippen molar-refractivity contribution in [3.05, 3.63) is 11.8 Å². The number of nitrogens with zero attached hydrogens (tertiary/aromatic N) is 1. The van der Waals surface area contributed by atoms with Crippen LogP contribution in [0.15, 0.2) is 11.8 Å². The van der Waals surface area contributed by atoms with Crippen LogP contribution in [-0.4, -0.2) is 24.4 Å². The van der Waals surface area contributed by atoms with Crippen molar-refractivity contribution < 1.29 is 4.79 Å². The average Bonchev–Trinajstić information content (AvgIpc) is 2.39. The molecule has 4 nitrogen and oxygen atoms in total. The minimum atomic E-state index is -0.367. The molecule has 0 aromatic rings. The third kappa shape index (κ3) is 4.58. The zero-order valence-electron chi connectivity index (χ0n) is 10.7. The van der Waals surface area contributed by atoms with E-state index in [1.54, 1.807) is 0 Å². The van der Waals surface area contributed by atoms with Crippen molar-refractivity contribution in [2.24, 2.45) is 5.92 Å². The molecule has 0 aromatic carbocycles. The number of rotatable bonds is 5. The third-order valence-corrected chi connectivity index (χ3v) is 3.49. The van der Waals surface area contributed by atoms with E-state index in [2.05, 4.69) is 17.6 Å².